The quantitative estimate of drug-likeness (QED) is 0.186. The highest BCUT2D eigenvalue weighted by molar-refractivity contribution is 5.75. The van der Waals surface area contributed by atoms with E-state index >= 15 is 0 Å². The number of carbonyl (C=O) groups excluding carboxylic acids is 1. The van der Waals surface area contributed by atoms with Gasteiger partial charge < -0.3 is 9.47 Å². The van der Waals surface area contributed by atoms with Gasteiger partial charge in [-0.3, -0.25) is 4.79 Å². The number of hydrogen-bond donors (Lipinski definition) is 0. The Morgan fingerprint density at radius 1 is 0.892 bits per heavy atom. The first-order chi connectivity index (χ1) is 17.8. The minimum atomic E-state index is -2.93. The number of hydrogen-bond acceptors (Lipinski definition) is 3. The van der Waals surface area contributed by atoms with Gasteiger partial charge in [0.25, 0.3) is 5.92 Å². The zero-order chi connectivity index (χ0) is 26.4. The van der Waals surface area contributed by atoms with E-state index < -0.39 is 47.8 Å². The van der Waals surface area contributed by atoms with Crippen molar-refractivity contribution in [2.24, 2.45) is 29.6 Å². The number of alkyl halides is 2. The van der Waals surface area contributed by atoms with Gasteiger partial charge in [0.15, 0.2) is 17.9 Å². The van der Waals surface area contributed by atoms with Gasteiger partial charge in [-0.05, 0) is 107 Å². The molecule has 4 rings (SSSR count). The van der Waals surface area contributed by atoms with E-state index in [2.05, 4.69) is 19.1 Å². The summed E-state index contributed by atoms with van der Waals surface area (Å²) in [6.45, 7) is 2.65. The zero-order valence-electron chi connectivity index (χ0n) is 21.8. The third-order valence-corrected chi connectivity index (χ3v) is 8.94. The molecule has 0 spiro atoms. The largest absolute Gasteiger partial charge is 0.490 e. The number of benzene rings is 1. The highest BCUT2D eigenvalue weighted by Gasteiger charge is 2.41. The summed E-state index contributed by atoms with van der Waals surface area (Å²) in [7, 11) is 0. The topological polar surface area (TPSA) is 35.5 Å². The number of carbonyl (C=O) groups is 1. The molecule has 7 heteroatoms. The van der Waals surface area contributed by atoms with Crippen LogP contribution in [-0.4, -0.2) is 31.5 Å². The first kappa shape index (κ1) is 28.1. The molecule has 3 nitrogen and oxygen atoms in total. The molecule has 0 radical (unpaired) electrons. The van der Waals surface area contributed by atoms with Crippen molar-refractivity contribution < 1.29 is 31.8 Å². The molecule has 1 aliphatic heterocycles. The Hall–Kier alpha value is -1.89. The minimum absolute atomic E-state index is 0.195. The van der Waals surface area contributed by atoms with Crippen molar-refractivity contribution >= 4 is 6.29 Å². The van der Waals surface area contributed by atoms with Crippen LogP contribution in [0.5, 0.6) is 5.75 Å². The van der Waals surface area contributed by atoms with Crippen molar-refractivity contribution in [1.29, 1.82) is 0 Å². The highest BCUT2D eigenvalue weighted by Crippen LogP contribution is 2.42. The lowest BCUT2D eigenvalue weighted by Gasteiger charge is -2.37. The van der Waals surface area contributed by atoms with E-state index in [-0.39, 0.29) is 6.29 Å². The van der Waals surface area contributed by atoms with Crippen LogP contribution in [0, 0.1) is 41.2 Å². The minimum Gasteiger partial charge on any atom is -0.490 e. The fourth-order valence-electron chi connectivity index (χ4n) is 6.38. The zero-order valence-corrected chi connectivity index (χ0v) is 21.8. The van der Waals surface area contributed by atoms with Crippen LogP contribution in [0.15, 0.2) is 24.3 Å². The van der Waals surface area contributed by atoms with Crippen LogP contribution in [0.2, 0.25) is 0 Å². The molecule has 37 heavy (non-hydrogen) atoms. The third-order valence-electron chi connectivity index (χ3n) is 8.94. The fraction of sp³-hybridized carbons (Fsp3) is 0.700. The Morgan fingerprint density at radius 2 is 1.51 bits per heavy atom. The lowest BCUT2D eigenvalue weighted by molar-refractivity contribution is -0.0865. The van der Waals surface area contributed by atoms with Crippen molar-refractivity contribution in [3.63, 3.8) is 0 Å². The molecule has 3 aliphatic rings. The number of aldehydes is 1. The highest BCUT2D eigenvalue weighted by atomic mass is 19.3. The van der Waals surface area contributed by atoms with Gasteiger partial charge in [-0.2, -0.15) is 4.39 Å². The molecule has 1 heterocycles. The monoisotopic (exact) mass is 524 g/mol. The summed E-state index contributed by atoms with van der Waals surface area (Å²) in [5.74, 6) is -4.32. The van der Waals surface area contributed by atoms with Crippen molar-refractivity contribution in [3.8, 4) is 5.75 Å². The Bertz CT molecular complexity index is 910. The van der Waals surface area contributed by atoms with Gasteiger partial charge in [0, 0.05) is 12.3 Å². The number of allylic oxidation sites excluding steroid dienone is 2. The summed E-state index contributed by atoms with van der Waals surface area (Å²) < 4.78 is 68.2. The van der Waals surface area contributed by atoms with Gasteiger partial charge in [-0.15, -0.1) is 0 Å². The summed E-state index contributed by atoms with van der Waals surface area (Å²) in [5.41, 5.74) is -0.432. The number of rotatable bonds is 9. The van der Waals surface area contributed by atoms with Crippen LogP contribution in [0.3, 0.4) is 0 Å². The van der Waals surface area contributed by atoms with Crippen molar-refractivity contribution in [3.05, 3.63) is 41.5 Å². The fourth-order valence-corrected chi connectivity index (χ4v) is 6.38. The standard InChI is InChI=1S/C30H40F4O3/c1-20-2-9-25(19-37-20)23-10-5-21(6-11-23)3-4-22-7-13-26(14-8-22)30(33,34)16-17-36-27-15-12-24(18-35)28(31)29(27)32/h3-4,12,15,18,20-23,25-26H,2,5-11,13-14,16-17,19H2,1H3/b4-3+. The van der Waals surface area contributed by atoms with Crippen LogP contribution in [0.4, 0.5) is 17.6 Å². The van der Waals surface area contributed by atoms with E-state index in [1.807, 2.05) is 0 Å². The van der Waals surface area contributed by atoms with Crippen LogP contribution in [0.1, 0.15) is 87.9 Å². The van der Waals surface area contributed by atoms with E-state index in [0.29, 0.717) is 36.7 Å². The maximum absolute atomic E-state index is 14.8. The Labute approximate surface area is 218 Å². The molecule has 0 bridgehead atoms. The molecule has 0 N–H and O–H groups in total. The van der Waals surface area contributed by atoms with Crippen molar-refractivity contribution in [1.82, 2.24) is 0 Å². The molecule has 3 fully saturated rings. The maximum Gasteiger partial charge on any atom is 0.254 e. The molecule has 206 valence electrons. The first-order valence-corrected chi connectivity index (χ1v) is 14.0. The summed E-state index contributed by atoms with van der Waals surface area (Å²) in [6.07, 6.45) is 14.5. The Kier molecular flexibility index (Phi) is 9.71. The van der Waals surface area contributed by atoms with Crippen molar-refractivity contribution in [2.45, 2.75) is 89.6 Å². The van der Waals surface area contributed by atoms with Crippen LogP contribution in [-0.2, 0) is 4.74 Å². The van der Waals surface area contributed by atoms with E-state index in [9.17, 15) is 22.4 Å². The molecule has 0 aromatic heterocycles. The normalized spacial score (nSPS) is 31.4. The molecule has 2 atom stereocenters. The smallest absolute Gasteiger partial charge is 0.254 e. The number of halogens is 4. The molecular weight excluding hydrogens is 484 g/mol. The molecule has 1 aromatic rings. The Balaban J connectivity index is 1.16. The van der Waals surface area contributed by atoms with Gasteiger partial charge in [-0.1, -0.05) is 12.2 Å². The Morgan fingerprint density at radius 3 is 2.11 bits per heavy atom. The molecule has 2 aliphatic carbocycles. The van der Waals surface area contributed by atoms with E-state index in [1.54, 1.807) is 0 Å². The molecule has 1 aromatic carbocycles. The summed E-state index contributed by atoms with van der Waals surface area (Å²) >= 11 is 0. The van der Waals surface area contributed by atoms with Crippen LogP contribution >= 0.6 is 0 Å². The average Bonchev–Trinajstić information content (AvgIpc) is 2.91. The predicted molar refractivity (Wildman–Crippen MR) is 135 cm³/mol. The second kappa shape index (κ2) is 12.8. The average molecular weight is 525 g/mol. The lowest BCUT2D eigenvalue weighted by Crippen LogP contribution is -2.33. The van der Waals surface area contributed by atoms with Gasteiger partial charge in [0.1, 0.15) is 0 Å². The molecule has 1 saturated heterocycles. The first-order valence-electron chi connectivity index (χ1n) is 14.0. The van der Waals surface area contributed by atoms with Crippen molar-refractivity contribution in [2.75, 3.05) is 13.2 Å². The molecule has 2 unspecified atom stereocenters. The van der Waals surface area contributed by atoms with Gasteiger partial charge >= 0.3 is 0 Å². The second-order valence-corrected chi connectivity index (χ2v) is 11.4. The van der Waals surface area contributed by atoms with E-state index in [4.69, 9.17) is 9.47 Å². The van der Waals surface area contributed by atoms with Crippen LogP contribution in [0.25, 0.3) is 0 Å². The summed E-state index contributed by atoms with van der Waals surface area (Å²) in [6, 6.07) is 2.17. The predicted octanol–water partition coefficient (Wildman–Crippen LogP) is 8.17. The molecular formula is C30H40F4O3. The van der Waals surface area contributed by atoms with E-state index in [1.165, 1.54) is 38.5 Å². The molecule has 0 amide bonds. The maximum atomic E-state index is 14.8. The molecule has 2 saturated carbocycles. The second-order valence-electron chi connectivity index (χ2n) is 11.4. The SMILES string of the molecule is CC1CCC(C2CCC(/C=C/C3CCC(C(F)(F)CCOc4ccc(C=O)c(F)c4F)CC3)CC2)CO1. The van der Waals surface area contributed by atoms with Gasteiger partial charge in [0.2, 0.25) is 5.82 Å². The number of ether oxygens (including phenoxy) is 2. The third kappa shape index (κ3) is 7.36. The van der Waals surface area contributed by atoms with Crippen LogP contribution < -0.4 is 4.74 Å². The summed E-state index contributed by atoms with van der Waals surface area (Å²) in [5, 5.41) is 0. The van der Waals surface area contributed by atoms with E-state index in [0.717, 1.165) is 37.5 Å². The lowest BCUT2D eigenvalue weighted by atomic mass is 9.73. The summed E-state index contributed by atoms with van der Waals surface area (Å²) in [4.78, 5) is 10.7. The van der Waals surface area contributed by atoms with Gasteiger partial charge in [-0.25, -0.2) is 13.2 Å². The van der Waals surface area contributed by atoms with Gasteiger partial charge in [0.05, 0.1) is 24.9 Å².